The fourth-order valence-electron chi connectivity index (χ4n) is 1.48. The van der Waals surface area contributed by atoms with Crippen LogP contribution in [0.4, 0.5) is 0 Å². The van der Waals surface area contributed by atoms with E-state index in [9.17, 15) is 10.2 Å². The normalized spacial score (nSPS) is 19.6. The Balaban J connectivity index is 4.19. The summed E-state index contributed by atoms with van der Waals surface area (Å²) >= 11 is 0. The van der Waals surface area contributed by atoms with Gasteiger partial charge in [-0.15, -0.1) is 0 Å². The predicted molar refractivity (Wildman–Crippen MR) is 57.5 cm³/mol. The van der Waals surface area contributed by atoms with E-state index in [4.69, 9.17) is 10.2 Å². The van der Waals surface area contributed by atoms with Crippen molar-refractivity contribution in [3.8, 4) is 0 Å². The molecule has 0 aromatic carbocycles. The second-order valence-corrected chi connectivity index (χ2v) is 3.89. The molecule has 5 heteroatoms. The number of hydrogen-bond donors (Lipinski definition) is 5. The molecule has 5 nitrogen and oxygen atoms in total. The van der Waals surface area contributed by atoms with Gasteiger partial charge in [0.05, 0.1) is 12.2 Å². The van der Waals surface area contributed by atoms with Crippen LogP contribution in [0.2, 0.25) is 0 Å². The molecule has 0 heterocycles. The van der Waals surface area contributed by atoms with Crippen LogP contribution < -0.4 is 5.32 Å². The van der Waals surface area contributed by atoms with Gasteiger partial charge in [-0.2, -0.15) is 0 Å². The molecule has 0 bridgehead atoms. The van der Waals surface area contributed by atoms with Gasteiger partial charge in [0.25, 0.3) is 0 Å². The van der Waals surface area contributed by atoms with E-state index in [0.29, 0.717) is 12.8 Å². The monoisotopic (exact) mass is 221 g/mol. The minimum absolute atomic E-state index is 0.0196. The summed E-state index contributed by atoms with van der Waals surface area (Å²) in [5.41, 5.74) is 0. The summed E-state index contributed by atoms with van der Waals surface area (Å²) in [5.74, 6) is 0. The number of rotatable bonds is 8. The number of nitrogens with one attached hydrogen (secondary N) is 1. The summed E-state index contributed by atoms with van der Waals surface area (Å²) in [4.78, 5) is 0. The van der Waals surface area contributed by atoms with Gasteiger partial charge in [0.1, 0.15) is 0 Å². The van der Waals surface area contributed by atoms with Crippen LogP contribution in [0.15, 0.2) is 0 Å². The third-order valence-electron chi connectivity index (χ3n) is 2.47. The lowest BCUT2D eigenvalue weighted by Crippen LogP contribution is -2.49. The van der Waals surface area contributed by atoms with E-state index in [2.05, 4.69) is 5.32 Å². The van der Waals surface area contributed by atoms with Crippen LogP contribution in [-0.2, 0) is 0 Å². The Morgan fingerprint density at radius 1 is 0.867 bits per heavy atom. The Labute approximate surface area is 90.8 Å². The Hall–Kier alpha value is -0.200. The molecule has 5 N–H and O–H groups in total. The quantitative estimate of drug-likeness (QED) is 0.356. The standard InChI is InChI=1S/C10H23NO4/c1-7(14)9(3-5-12)11-10(4-6-13)8(2)15/h7-15H,3-6H2,1-2H3. The van der Waals surface area contributed by atoms with E-state index in [0.717, 1.165) is 0 Å². The average molecular weight is 221 g/mol. The molecule has 0 aliphatic rings. The van der Waals surface area contributed by atoms with E-state index in [1.54, 1.807) is 13.8 Å². The minimum atomic E-state index is -0.600. The largest absolute Gasteiger partial charge is 0.396 e. The molecule has 0 radical (unpaired) electrons. The van der Waals surface area contributed by atoms with Crippen molar-refractivity contribution in [1.29, 1.82) is 0 Å². The van der Waals surface area contributed by atoms with Crippen molar-refractivity contribution >= 4 is 0 Å². The van der Waals surface area contributed by atoms with Crippen molar-refractivity contribution in [2.24, 2.45) is 0 Å². The van der Waals surface area contributed by atoms with Gasteiger partial charge in [-0.25, -0.2) is 0 Å². The summed E-state index contributed by atoms with van der Waals surface area (Å²) in [5, 5.41) is 39.5. The molecular weight excluding hydrogens is 198 g/mol. The maximum absolute atomic E-state index is 9.42. The highest BCUT2D eigenvalue weighted by molar-refractivity contribution is 4.80. The first-order chi connectivity index (χ1) is 7.02. The summed E-state index contributed by atoms with van der Waals surface area (Å²) in [6, 6.07) is -0.526. The molecule has 0 saturated carbocycles. The van der Waals surface area contributed by atoms with Crippen LogP contribution >= 0.6 is 0 Å². The van der Waals surface area contributed by atoms with Gasteiger partial charge in [0, 0.05) is 25.3 Å². The molecule has 0 rings (SSSR count). The molecule has 4 atom stereocenters. The summed E-state index contributed by atoms with van der Waals surface area (Å²) in [6.07, 6.45) is -0.354. The maximum Gasteiger partial charge on any atom is 0.0666 e. The van der Waals surface area contributed by atoms with Crippen LogP contribution in [0, 0.1) is 0 Å². The molecule has 0 saturated heterocycles. The summed E-state index contributed by atoms with van der Waals surface area (Å²) < 4.78 is 0. The van der Waals surface area contributed by atoms with Crippen LogP contribution in [0.5, 0.6) is 0 Å². The third-order valence-corrected chi connectivity index (χ3v) is 2.47. The van der Waals surface area contributed by atoms with Gasteiger partial charge >= 0.3 is 0 Å². The summed E-state index contributed by atoms with van der Waals surface area (Å²) in [6.45, 7) is 3.22. The summed E-state index contributed by atoms with van der Waals surface area (Å²) in [7, 11) is 0. The molecule has 92 valence electrons. The number of aliphatic hydroxyl groups is 4. The first kappa shape index (κ1) is 14.8. The fourth-order valence-corrected chi connectivity index (χ4v) is 1.48. The maximum atomic E-state index is 9.42. The predicted octanol–water partition coefficient (Wildman–Crippen LogP) is -1.16. The highest BCUT2D eigenvalue weighted by atomic mass is 16.3. The Morgan fingerprint density at radius 2 is 1.20 bits per heavy atom. The van der Waals surface area contributed by atoms with E-state index in [1.165, 1.54) is 0 Å². The van der Waals surface area contributed by atoms with Gasteiger partial charge in [-0.3, -0.25) is 0 Å². The molecule has 0 spiro atoms. The van der Waals surface area contributed by atoms with Gasteiger partial charge in [-0.05, 0) is 26.7 Å². The van der Waals surface area contributed by atoms with Crippen molar-refractivity contribution in [1.82, 2.24) is 5.32 Å². The van der Waals surface area contributed by atoms with Gasteiger partial charge in [-0.1, -0.05) is 0 Å². The van der Waals surface area contributed by atoms with E-state index in [-0.39, 0.29) is 25.3 Å². The van der Waals surface area contributed by atoms with Gasteiger partial charge in [0.15, 0.2) is 0 Å². The fraction of sp³-hybridized carbons (Fsp3) is 1.00. The SMILES string of the molecule is CC(O)C(CCO)NC(CCO)C(C)O. The lowest BCUT2D eigenvalue weighted by Gasteiger charge is -2.28. The topological polar surface area (TPSA) is 93.0 Å². The zero-order valence-corrected chi connectivity index (χ0v) is 9.43. The van der Waals surface area contributed by atoms with Crippen molar-refractivity contribution < 1.29 is 20.4 Å². The highest BCUT2D eigenvalue weighted by Crippen LogP contribution is 2.05. The first-order valence-electron chi connectivity index (χ1n) is 5.36. The zero-order valence-electron chi connectivity index (χ0n) is 9.43. The molecular formula is C10H23NO4. The molecule has 0 aliphatic carbocycles. The minimum Gasteiger partial charge on any atom is -0.396 e. The molecule has 0 aromatic rings. The average Bonchev–Trinajstić information content (AvgIpc) is 2.15. The van der Waals surface area contributed by atoms with Crippen molar-refractivity contribution in [2.75, 3.05) is 13.2 Å². The smallest absolute Gasteiger partial charge is 0.0666 e. The van der Waals surface area contributed by atoms with Crippen molar-refractivity contribution in [3.63, 3.8) is 0 Å². The van der Waals surface area contributed by atoms with Gasteiger partial charge < -0.3 is 25.7 Å². The lowest BCUT2D eigenvalue weighted by molar-refractivity contribution is 0.0773. The second-order valence-electron chi connectivity index (χ2n) is 3.89. The second kappa shape index (κ2) is 8.01. The molecule has 0 fully saturated rings. The van der Waals surface area contributed by atoms with Crippen LogP contribution in [0.1, 0.15) is 26.7 Å². The van der Waals surface area contributed by atoms with Gasteiger partial charge in [0.2, 0.25) is 0 Å². The van der Waals surface area contributed by atoms with E-state index >= 15 is 0 Å². The third kappa shape index (κ3) is 6.06. The zero-order chi connectivity index (χ0) is 11.8. The molecule has 15 heavy (non-hydrogen) atoms. The van der Waals surface area contributed by atoms with Crippen molar-refractivity contribution in [2.45, 2.75) is 51.0 Å². The Bertz CT molecular complexity index is 136. The van der Waals surface area contributed by atoms with E-state index < -0.39 is 12.2 Å². The van der Waals surface area contributed by atoms with Crippen LogP contribution in [-0.4, -0.2) is 57.9 Å². The highest BCUT2D eigenvalue weighted by Gasteiger charge is 2.21. The van der Waals surface area contributed by atoms with E-state index in [1.807, 2.05) is 0 Å². The van der Waals surface area contributed by atoms with Crippen molar-refractivity contribution in [3.05, 3.63) is 0 Å². The number of aliphatic hydroxyl groups excluding tert-OH is 4. The molecule has 0 aromatic heterocycles. The molecule has 0 amide bonds. The van der Waals surface area contributed by atoms with Crippen LogP contribution in [0.3, 0.4) is 0 Å². The Kier molecular flexibility index (Phi) is 7.90. The van der Waals surface area contributed by atoms with Crippen LogP contribution in [0.25, 0.3) is 0 Å². The molecule has 0 aliphatic heterocycles. The Morgan fingerprint density at radius 3 is 1.40 bits per heavy atom. The molecule has 4 unspecified atom stereocenters. The number of hydrogen-bond acceptors (Lipinski definition) is 5. The first-order valence-corrected chi connectivity index (χ1v) is 5.36. The lowest BCUT2D eigenvalue weighted by atomic mass is 10.0.